The number of amides is 1. The zero-order valence-corrected chi connectivity index (χ0v) is 14.5. The first-order valence-electron chi connectivity index (χ1n) is 8.63. The number of carbonyl (C=O) groups is 1. The van der Waals surface area contributed by atoms with Gasteiger partial charge in [-0.2, -0.15) is 4.98 Å². The molecule has 25 heavy (non-hydrogen) atoms. The van der Waals surface area contributed by atoms with Crippen molar-refractivity contribution in [1.82, 2.24) is 15.0 Å². The summed E-state index contributed by atoms with van der Waals surface area (Å²) < 4.78 is 10.5. The third kappa shape index (κ3) is 3.04. The molecular formula is C19H21N3O3. The quantitative estimate of drug-likeness (QED) is 0.731. The maximum absolute atomic E-state index is 12.8. The van der Waals surface area contributed by atoms with Crippen molar-refractivity contribution in [3.8, 4) is 0 Å². The topological polar surface area (TPSA) is 72.4 Å². The van der Waals surface area contributed by atoms with Gasteiger partial charge in [0.25, 0.3) is 0 Å². The summed E-state index contributed by atoms with van der Waals surface area (Å²) in [6.45, 7) is 5.53. The average Bonchev–Trinajstić information content (AvgIpc) is 3.25. The minimum absolute atomic E-state index is 0.121. The van der Waals surface area contributed by atoms with E-state index >= 15 is 0 Å². The fraction of sp³-hybridized carbons (Fsp3) is 0.421. The van der Waals surface area contributed by atoms with Crippen molar-refractivity contribution < 1.29 is 13.7 Å². The fourth-order valence-corrected chi connectivity index (χ4v) is 3.80. The SMILES string of the molecule is Cc1cc(C)c2c(CC(=O)N3CCC[C@@H](c4ncon4)C3)coc2c1. The molecule has 4 rings (SSSR count). The number of hydrogen-bond donors (Lipinski definition) is 0. The lowest BCUT2D eigenvalue weighted by atomic mass is 9.96. The Kier molecular flexibility index (Phi) is 4.03. The summed E-state index contributed by atoms with van der Waals surface area (Å²) in [6.07, 6.45) is 5.36. The maximum atomic E-state index is 12.8. The van der Waals surface area contributed by atoms with Gasteiger partial charge in [0.15, 0.2) is 5.82 Å². The Morgan fingerprint density at radius 1 is 1.36 bits per heavy atom. The first kappa shape index (κ1) is 15.9. The van der Waals surface area contributed by atoms with E-state index in [2.05, 4.69) is 23.1 Å². The number of hydrogen-bond acceptors (Lipinski definition) is 5. The Morgan fingerprint density at radius 3 is 3.04 bits per heavy atom. The molecule has 1 fully saturated rings. The summed E-state index contributed by atoms with van der Waals surface area (Å²) in [7, 11) is 0. The van der Waals surface area contributed by atoms with Gasteiger partial charge < -0.3 is 13.8 Å². The van der Waals surface area contributed by atoms with Crippen molar-refractivity contribution in [2.45, 2.75) is 39.0 Å². The van der Waals surface area contributed by atoms with E-state index < -0.39 is 0 Å². The lowest BCUT2D eigenvalue weighted by molar-refractivity contribution is -0.131. The van der Waals surface area contributed by atoms with Crippen molar-refractivity contribution >= 4 is 16.9 Å². The Hall–Kier alpha value is -2.63. The van der Waals surface area contributed by atoms with E-state index in [4.69, 9.17) is 8.94 Å². The van der Waals surface area contributed by atoms with Crippen LogP contribution in [0.5, 0.6) is 0 Å². The van der Waals surface area contributed by atoms with Crippen LogP contribution in [0.1, 0.15) is 41.3 Å². The van der Waals surface area contributed by atoms with Crippen LogP contribution >= 0.6 is 0 Å². The van der Waals surface area contributed by atoms with Crippen LogP contribution in [-0.4, -0.2) is 34.0 Å². The van der Waals surface area contributed by atoms with Crippen molar-refractivity contribution in [2.24, 2.45) is 0 Å². The summed E-state index contributed by atoms with van der Waals surface area (Å²) in [5, 5.41) is 4.99. The van der Waals surface area contributed by atoms with Gasteiger partial charge in [-0.05, 0) is 43.9 Å². The summed E-state index contributed by atoms with van der Waals surface area (Å²) in [5.41, 5.74) is 4.12. The molecule has 0 spiro atoms. The van der Waals surface area contributed by atoms with E-state index in [9.17, 15) is 4.79 Å². The van der Waals surface area contributed by atoms with Gasteiger partial charge in [0.1, 0.15) is 5.58 Å². The molecule has 1 amide bonds. The van der Waals surface area contributed by atoms with Crippen LogP contribution in [0.4, 0.5) is 0 Å². The van der Waals surface area contributed by atoms with Crippen LogP contribution in [0.2, 0.25) is 0 Å². The zero-order chi connectivity index (χ0) is 17.4. The smallest absolute Gasteiger partial charge is 0.227 e. The predicted octanol–water partition coefficient (Wildman–Crippen LogP) is 3.38. The van der Waals surface area contributed by atoms with E-state index in [1.165, 1.54) is 6.39 Å². The van der Waals surface area contributed by atoms with Gasteiger partial charge in [-0.1, -0.05) is 11.2 Å². The van der Waals surface area contributed by atoms with Gasteiger partial charge in [-0.3, -0.25) is 4.79 Å². The zero-order valence-electron chi connectivity index (χ0n) is 14.5. The fourth-order valence-electron chi connectivity index (χ4n) is 3.80. The lowest BCUT2D eigenvalue weighted by Crippen LogP contribution is -2.40. The molecule has 0 aliphatic carbocycles. The Bertz CT molecular complexity index is 898. The van der Waals surface area contributed by atoms with Crippen LogP contribution in [0, 0.1) is 13.8 Å². The molecule has 3 heterocycles. The summed E-state index contributed by atoms with van der Waals surface area (Å²) in [6, 6.07) is 4.14. The Morgan fingerprint density at radius 2 is 2.24 bits per heavy atom. The Balaban J connectivity index is 1.52. The molecule has 1 saturated heterocycles. The number of nitrogens with zero attached hydrogens (tertiary/aromatic N) is 3. The number of fused-ring (bicyclic) bond motifs is 1. The molecule has 0 radical (unpaired) electrons. The van der Waals surface area contributed by atoms with Crippen LogP contribution < -0.4 is 0 Å². The third-order valence-corrected chi connectivity index (χ3v) is 4.95. The highest BCUT2D eigenvalue weighted by atomic mass is 16.5. The number of piperidine rings is 1. The molecular weight excluding hydrogens is 318 g/mol. The standard InChI is InChI=1S/C19H21N3O3/c1-12-6-13(2)18-15(10-24-16(18)7-12)8-17(23)22-5-3-4-14(9-22)19-20-11-25-21-19/h6-7,10-11,14H,3-5,8-9H2,1-2H3/t14-/m1/s1. The van der Waals surface area contributed by atoms with E-state index in [1.807, 2.05) is 17.9 Å². The first-order chi connectivity index (χ1) is 12.1. The third-order valence-electron chi connectivity index (χ3n) is 4.95. The number of benzene rings is 1. The van der Waals surface area contributed by atoms with Gasteiger partial charge in [0.05, 0.1) is 12.7 Å². The molecule has 1 aliphatic rings. The van der Waals surface area contributed by atoms with Crippen molar-refractivity contribution in [3.63, 3.8) is 0 Å². The maximum Gasteiger partial charge on any atom is 0.227 e. The van der Waals surface area contributed by atoms with Gasteiger partial charge in [0.2, 0.25) is 12.3 Å². The molecule has 0 unspecified atom stereocenters. The summed E-state index contributed by atoms with van der Waals surface area (Å²) in [4.78, 5) is 18.9. The molecule has 3 aromatic rings. The second-order valence-corrected chi connectivity index (χ2v) is 6.86. The average molecular weight is 339 g/mol. The normalized spacial score (nSPS) is 18.0. The monoisotopic (exact) mass is 339 g/mol. The molecule has 1 atom stereocenters. The van der Waals surface area contributed by atoms with Gasteiger partial charge in [0, 0.05) is 30.0 Å². The molecule has 6 heteroatoms. The molecule has 0 bridgehead atoms. The largest absolute Gasteiger partial charge is 0.464 e. The van der Waals surface area contributed by atoms with Gasteiger partial charge in [-0.15, -0.1) is 0 Å². The first-order valence-corrected chi connectivity index (χ1v) is 8.63. The number of furan rings is 1. The van der Waals surface area contributed by atoms with Crippen LogP contribution in [-0.2, 0) is 11.2 Å². The minimum atomic E-state index is 0.121. The summed E-state index contributed by atoms with van der Waals surface area (Å²) in [5.74, 6) is 0.968. The van der Waals surface area contributed by atoms with E-state index in [0.717, 1.165) is 47.0 Å². The molecule has 0 saturated carbocycles. The van der Waals surface area contributed by atoms with Crippen molar-refractivity contribution in [1.29, 1.82) is 0 Å². The molecule has 1 aliphatic heterocycles. The van der Waals surface area contributed by atoms with E-state index in [0.29, 0.717) is 18.8 Å². The predicted molar refractivity (Wildman–Crippen MR) is 92.2 cm³/mol. The minimum Gasteiger partial charge on any atom is -0.464 e. The highest BCUT2D eigenvalue weighted by Crippen LogP contribution is 2.28. The molecule has 130 valence electrons. The number of rotatable bonds is 3. The number of aromatic nitrogens is 2. The second kappa shape index (κ2) is 6.35. The molecule has 1 aromatic carbocycles. The van der Waals surface area contributed by atoms with Crippen LogP contribution in [0.15, 0.2) is 33.7 Å². The highest BCUT2D eigenvalue weighted by molar-refractivity contribution is 5.90. The number of likely N-dealkylation sites (tertiary alicyclic amines) is 1. The molecule has 2 aromatic heterocycles. The Labute approximate surface area is 145 Å². The van der Waals surface area contributed by atoms with Crippen LogP contribution in [0.3, 0.4) is 0 Å². The second-order valence-electron chi connectivity index (χ2n) is 6.86. The summed E-state index contributed by atoms with van der Waals surface area (Å²) >= 11 is 0. The van der Waals surface area contributed by atoms with Gasteiger partial charge >= 0.3 is 0 Å². The van der Waals surface area contributed by atoms with Crippen molar-refractivity contribution in [2.75, 3.05) is 13.1 Å². The number of carbonyl (C=O) groups excluding carboxylic acids is 1. The van der Waals surface area contributed by atoms with E-state index in [1.54, 1.807) is 6.26 Å². The van der Waals surface area contributed by atoms with Gasteiger partial charge in [-0.25, -0.2) is 0 Å². The molecule has 0 N–H and O–H groups in total. The highest BCUT2D eigenvalue weighted by Gasteiger charge is 2.27. The van der Waals surface area contributed by atoms with E-state index in [-0.39, 0.29) is 11.8 Å². The lowest BCUT2D eigenvalue weighted by Gasteiger charge is -2.31. The van der Waals surface area contributed by atoms with Crippen molar-refractivity contribution in [3.05, 3.63) is 47.3 Å². The molecule has 6 nitrogen and oxygen atoms in total. The van der Waals surface area contributed by atoms with Crippen LogP contribution in [0.25, 0.3) is 11.0 Å². The number of aryl methyl sites for hydroxylation is 2.